The number of carbonyl (C=O) groups is 2. The van der Waals surface area contributed by atoms with Gasteiger partial charge in [-0.3, -0.25) is 9.59 Å². The average molecular weight is 389 g/mol. The van der Waals surface area contributed by atoms with Gasteiger partial charge in [-0.1, -0.05) is 11.8 Å². The van der Waals surface area contributed by atoms with Crippen LogP contribution in [0, 0.1) is 0 Å². The molecule has 26 heavy (non-hydrogen) atoms. The smallest absolute Gasteiger partial charge is 0.280 e. The van der Waals surface area contributed by atoms with E-state index in [1.54, 1.807) is 18.0 Å². The zero-order valence-corrected chi connectivity index (χ0v) is 16.0. The van der Waals surface area contributed by atoms with Gasteiger partial charge in [0, 0.05) is 35.6 Å². The van der Waals surface area contributed by atoms with E-state index in [4.69, 9.17) is 0 Å². The molecule has 0 radical (unpaired) electrons. The molecule has 2 aliphatic heterocycles. The highest BCUT2D eigenvalue weighted by molar-refractivity contribution is 8.01. The van der Waals surface area contributed by atoms with Crippen LogP contribution in [0.4, 0.5) is 5.69 Å². The minimum absolute atomic E-state index is 0.0813. The molecule has 2 fully saturated rings. The molecule has 0 spiro atoms. The number of rotatable bonds is 5. The monoisotopic (exact) mass is 388 g/mol. The maximum atomic E-state index is 12.4. The lowest BCUT2D eigenvalue weighted by Crippen LogP contribution is -2.42. The lowest BCUT2D eigenvalue weighted by molar-refractivity contribution is -0.114. The molecule has 2 aliphatic rings. The largest absolute Gasteiger partial charge is 0.346 e. The highest BCUT2D eigenvalue weighted by Crippen LogP contribution is 2.33. The molecule has 3 heterocycles. The minimum atomic E-state index is -0.0887. The molecule has 2 aromatic rings. The van der Waals surface area contributed by atoms with Crippen LogP contribution < -0.4 is 16.0 Å². The number of carbonyl (C=O) groups excluding carboxylic acids is 2. The summed E-state index contributed by atoms with van der Waals surface area (Å²) in [7, 11) is 0. The molecule has 2 amide bonds. The third kappa shape index (κ3) is 3.92. The Morgan fingerprint density at radius 1 is 1.27 bits per heavy atom. The molecule has 0 saturated carbocycles. The Bertz CT molecular complexity index is 821. The fraction of sp³-hybridized carbons (Fsp3) is 0.389. The van der Waals surface area contributed by atoms with Gasteiger partial charge in [-0.15, -0.1) is 11.3 Å². The molecular formula is C18H20N4O2S2. The number of aromatic nitrogens is 1. The highest BCUT2D eigenvalue weighted by atomic mass is 32.2. The Morgan fingerprint density at radius 2 is 2.08 bits per heavy atom. The van der Waals surface area contributed by atoms with E-state index < -0.39 is 0 Å². The maximum Gasteiger partial charge on any atom is 0.280 e. The van der Waals surface area contributed by atoms with Crippen LogP contribution in [0.5, 0.6) is 0 Å². The number of nitrogens with zero attached hydrogens (tertiary/aromatic N) is 1. The fourth-order valence-corrected chi connectivity index (χ4v) is 5.41. The quantitative estimate of drug-likeness (QED) is 0.734. The van der Waals surface area contributed by atoms with Gasteiger partial charge in [-0.05, 0) is 43.5 Å². The zero-order valence-electron chi connectivity index (χ0n) is 14.3. The lowest BCUT2D eigenvalue weighted by atomic mass is 9.95. The molecule has 8 heteroatoms. The van der Waals surface area contributed by atoms with E-state index in [-0.39, 0.29) is 17.9 Å². The molecule has 3 N–H and O–H groups in total. The van der Waals surface area contributed by atoms with Crippen molar-refractivity contribution in [1.29, 1.82) is 0 Å². The van der Waals surface area contributed by atoms with Crippen LogP contribution in [0.2, 0.25) is 0 Å². The van der Waals surface area contributed by atoms with Crippen molar-refractivity contribution < 1.29 is 9.59 Å². The molecule has 2 saturated heterocycles. The summed E-state index contributed by atoms with van der Waals surface area (Å²) in [6, 6.07) is 8.81. The first-order valence-corrected chi connectivity index (χ1v) is 10.3. The van der Waals surface area contributed by atoms with Crippen molar-refractivity contribution in [1.82, 2.24) is 15.6 Å². The summed E-state index contributed by atoms with van der Waals surface area (Å²) in [5.74, 6) is -0.170. The van der Waals surface area contributed by atoms with Gasteiger partial charge < -0.3 is 16.0 Å². The predicted octanol–water partition coefficient (Wildman–Crippen LogP) is 2.88. The Morgan fingerprint density at radius 3 is 2.73 bits per heavy atom. The number of hydrogen-bond acceptors (Lipinski definition) is 6. The molecule has 6 nitrogen and oxygen atoms in total. The maximum absolute atomic E-state index is 12.4. The van der Waals surface area contributed by atoms with Crippen LogP contribution in [0.3, 0.4) is 0 Å². The predicted molar refractivity (Wildman–Crippen MR) is 103 cm³/mol. The first-order chi connectivity index (χ1) is 12.6. The van der Waals surface area contributed by atoms with Crippen molar-refractivity contribution in [2.24, 2.45) is 0 Å². The molecule has 136 valence electrons. The van der Waals surface area contributed by atoms with E-state index >= 15 is 0 Å². The van der Waals surface area contributed by atoms with Gasteiger partial charge in [-0.25, -0.2) is 4.98 Å². The molecule has 1 aromatic carbocycles. The number of benzene rings is 1. The van der Waals surface area contributed by atoms with Crippen molar-refractivity contribution in [2.45, 2.75) is 53.4 Å². The third-order valence-electron chi connectivity index (χ3n) is 4.69. The second-order valence-electron chi connectivity index (χ2n) is 6.66. The number of hydrogen-bond donors (Lipinski definition) is 3. The van der Waals surface area contributed by atoms with E-state index in [9.17, 15) is 9.59 Å². The van der Waals surface area contributed by atoms with Crippen LogP contribution in [0.1, 0.15) is 36.0 Å². The molecule has 1 aromatic heterocycles. The first-order valence-electron chi connectivity index (χ1n) is 8.65. The number of fused-ring (bicyclic) bond motifs is 2. The summed E-state index contributed by atoms with van der Waals surface area (Å²) in [6.45, 7) is 1.49. The Labute approximate surface area is 160 Å². The summed E-state index contributed by atoms with van der Waals surface area (Å²) in [5.41, 5.74) is 0.769. The molecule has 3 atom stereocenters. The SMILES string of the molecule is CC(=O)Nc1ccc(Sc2cnc(C(=O)N[C@@H]3C[C@H]4CC[C@@H]3N4)s2)cc1. The lowest BCUT2D eigenvalue weighted by Gasteiger charge is -2.20. The summed E-state index contributed by atoms with van der Waals surface area (Å²) in [5, 5.41) is 9.90. The molecule has 2 bridgehead atoms. The second kappa shape index (κ2) is 7.38. The van der Waals surface area contributed by atoms with Crippen LogP contribution >= 0.6 is 23.1 Å². The van der Waals surface area contributed by atoms with Crippen LogP contribution in [0.25, 0.3) is 0 Å². The zero-order chi connectivity index (χ0) is 18.1. The third-order valence-corrected chi connectivity index (χ3v) is 6.79. The normalized spacial score (nSPS) is 23.8. The summed E-state index contributed by atoms with van der Waals surface area (Å²) < 4.78 is 0.966. The molecule has 4 rings (SSSR count). The van der Waals surface area contributed by atoms with Gasteiger partial charge in [0.25, 0.3) is 5.91 Å². The van der Waals surface area contributed by atoms with Gasteiger partial charge in [-0.2, -0.15) is 0 Å². The highest BCUT2D eigenvalue weighted by Gasteiger charge is 2.39. The fourth-order valence-electron chi connectivity index (χ4n) is 3.55. The van der Waals surface area contributed by atoms with Gasteiger partial charge in [0.1, 0.15) is 0 Å². The van der Waals surface area contributed by atoms with Gasteiger partial charge in [0.2, 0.25) is 5.91 Å². The standard InChI is InChI=1S/C18H20N4O2S2/c1-10(23)20-11-2-5-13(6-3-11)25-16-9-19-18(26-16)17(24)22-15-8-12-4-7-14(15)21-12/h2-3,5-6,9,12,14-15,21H,4,7-8H2,1H3,(H,20,23)(H,22,24)/t12-,14+,15-/m1/s1. The Hall–Kier alpha value is -1.90. The first kappa shape index (κ1) is 17.5. The van der Waals surface area contributed by atoms with Crippen molar-refractivity contribution >= 4 is 40.6 Å². The Kier molecular flexibility index (Phi) is 4.97. The van der Waals surface area contributed by atoms with E-state index in [0.29, 0.717) is 17.1 Å². The molecular weight excluding hydrogens is 368 g/mol. The number of nitrogens with one attached hydrogen (secondary N) is 3. The van der Waals surface area contributed by atoms with Crippen molar-refractivity contribution in [3.8, 4) is 0 Å². The molecule has 0 aliphatic carbocycles. The van der Waals surface area contributed by atoms with Gasteiger partial charge in [0.05, 0.1) is 10.4 Å². The number of anilines is 1. The van der Waals surface area contributed by atoms with Crippen LogP contribution in [-0.2, 0) is 4.79 Å². The van der Waals surface area contributed by atoms with Gasteiger partial charge in [0.15, 0.2) is 5.01 Å². The van der Waals surface area contributed by atoms with Gasteiger partial charge >= 0.3 is 0 Å². The average Bonchev–Trinajstić information content (AvgIpc) is 3.33. The van der Waals surface area contributed by atoms with Crippen LogP contribution in [0.15, 0.2) is 39.6 Å². The van der Waals surface area contributed by atoms with Crippen molar-refractivity contribution in [3.63, 3.8) is 0 Å². The number of thiazole rings is 1. The van der Waals surface area contributed by atoms with Crippen LogP contribution in [-0.4, -0.2) is 34.9 Å². The Balaban J connectivity index is 1.35. The minimum Gasteiger partial charge on any atom is -0.346 e. The summed E-state index contributed by atoms with van der Waals surface area (Å²) >= 11 is 2.96. The van der Waals surface area contributed by atoms with Crippen molar-refractivity contribution in [3.05, 3.63) is 35.5 Å². The molecule has 0 unspecified atom stereocenters. The van der Waals surface area contributed by atoms with E-state index in [1.165, 1.54) is 24.7 Å². The summed E-state index contributed by atoms with van der Waals surface area (Å²) in [6.07, 6.45) is 5.12. The van der Waals surface area contributed by atoms with E-state index in [2.05, 4.69) is 20.9 Å². The van der Waals surface area contributed by atoms with E-state index in [0.717, 1.165) is 27.6 Å². The number of amides is 2. The van der Waals surface area contributed by atoms with E-state index in [1.807, 2.05) is 24.3 Å². The summed E-state index contributed by atoms with van der Waals surface area (Å²) in [4.78, 5) is 28.8. The topological polar surface area (TPSA) is 83.1 Å². The second-order valence-corrected chi connectivity index (χ2v) is 9.06. The van der Waals surface area contributed by atoms with Crippen molar-refractivity contribution in [2.75, 3.05) is 5.32 Å².